The Balaban J connectivity index is 2.49. The molecule has 5 unspecified atom stereocenters. The van der Waals surface area contributed by atoms with Gasteiger partial charge in [0, 0.05) is 27.7 Å². The first-order chi connectivity index (χ1) is 15.0. The van der Waals surface area contributed by atoms with Crippen LogP contribution in [0.4, 0.5) is 0 Å². The van der Waals surface area contributed by atoms with E-state index in [0.29, 0.717) is 11.8 Å². The van der Waals surface area contributed by atoms with Crippen LogP contribution in [0.2, 0.25) is 0 Å². The van der Waals surface area contributed by atoms with E-state index in [1.54, 1.807) is 0 Å². The predicted molar refractivity (Wildman–Crippen MR) is 103 cm³/mol. The highest BCUT2D eigenvalue weighted by Gasteiger charge is 2.52. The molecule has 14 nitrogen and oxygen atoms in total. The quantitative estimate of drug-likeness (QED) is 0.347. The van der Waals surface area contributed by atoms with Gasteiger partial charge in [-0.2, -0.15) is 5.10 Å². The average Bonchev–Trinajstić information content (AvgIpc) is 2.65. The topological polar surface area (TPSA) is 193 Å². The predicted octanol–water partition coefficient (Wildman–Crippen LogP) is -1.37. The van der Waals surface area contributed by atoms with Crippen LogP contribution in [0.5, 0.6) is 0 Å². The molecule has 1 fully saturated rings. The van der Waals surface area contributed by atoms with Crippen molar-refractivity contribution in [2.75, 3.05) is 6.61 Å². The van der Waals surface area contributed by atoms with Crippen LogP contribution in [0.15, 0.2) is 14.6 Å². The highest BCUT2D eigenvalue weighted by molar-refractivity contribution is 7.99. The number of esters is 4. The fraction of sp³-hybridized carbons (Fsp3) is 0.588. The Morgan fingerprint density at radius 3 is 2.00 bits per heavy atom. The van der Waals surface area contributed by atoms with Gasteiger partial charge < -0.3 is 23.7 Å². The molecule has 0 radical (unpaired) electrons. The molecule has 1 aliphatic heterocycles. The molecule has 1 aromatic heterocycles. The Bertz CT molecular complexity index is 990. The van der Waals surface area contributed by atoms with Crippen molar-refractivity contribution in [1.82, 2.24) is 15.2 Å². The Kier molecular flexibility index (Phi) is 8.54. The number of thioether (sulfide) groups is 1. The van der Waals surface area contributed by atoms with Crippen LogP contribution in [-0.2, 0) is 42.9 Å². The molecule has 32 heavy (non-hydrogen) atoms. The number of H-pyrrole nitrogens is 2. The second kappa shape index (κ2) is 10.9. The van der Waals surface area contributed by atoms with Crippen molar-refractivity contribution in [2.24, 2.45) is 0 Å². The van der Waals surface area contributed by atoms with Gasteiger partial charge in [0.2, 0.25) is 0 Å². The number of hydrogen-bond acceptors (Lipinski definition) is 13. The van der Waals surface area contributed by atoms with Gasteiger partial charge >= 0.3 is 29.6 Å². The molecule has 15 heteroatoms. The number of aromatic amines is 2. The summed E-state index contributed by atoms with van der Waals surface area (Å²) in [6.07, 6.45) is -5.24. The van der Waals surface area contributed by atoms with Crippen molar-refractivity contribution in [3.05, 3.63) is 20.8 Å². The van der Waals surface area contributed by atoms with Gasteiger partial charge in [0.1, 0.15) is 12.7 Å². The van der Waals surface area contributed by atoms with E-state index in [-0.39, 0.29) is 5.03 Å². The summed E-state index contributed by atoms with van der Waals surface area (Å²) in [6, 6.07) is 0. The lowest BCUT2D eigenvalue weighted by Crippen LogP contribution is -2.61. The molecule has 1 aromatic rings. The molecule has 1 saturated heterocycles. The third-order valence-electron chi connectivity index (χ3n) is 3.86. The minimum absolute atomic E-state index is 0.259. The molecular formula is C17H21N3O11S. The molecule has 0 amide bonds. The van der Waals surface area contributed by atoms with Crippen LogP contribution in [0, 0.1) is 0 Å². The van der Waals surface area contributed by atoms with Crippen molar-refractivity contribution < 1.29 is 42.9 Å². The Morgan fingerprint density at radius 2 is 1.47 bits per heavy atom. The molecule has 2 heterocycles. The number of carbonyl (C=O) groups excluding carboxylic acids is 4. The van der Waals surface area contributed by atoms with Gasteiger partial charge in [0.25, 0.3) is 5.56 Å². The van der Waals surface area contributed by atoms with E-state index in [2.05, 4.69) is 5.10 Å². The zero-order valence-corrected chi connectivity index (χ0v) is 18.3. The zero-order valence-electron chi connectivity index (χ0n) is 17.4. The lowest BCUT2D eigenvalue weighted by Gasteiger charge is -2.43. The van der Waals surface area contributed by atoms with Crippen LogP contribution >= 0.6 is 11.8 Å². The van der Waals surface area contributed by atoms with E-state index in [9.17, 15) is 28.8 Å². The first-order valence-electron chi connectivity index (χ1n) is 9.14. The van der Waals surface area contributed by atoms with Gasteiger partial charge in [0.15, 0.2) is 28.8 Å². The maximum atomic E-state index is 12.1. The van der Waals surface area contributed by atoms with E-state index in [1.165, 1.54) is 0 Å². The molecule has 2 N–H and O–H groups in total. The SMILES string of the molecule is CC(=O)OCC1OC(Sc2n[nH]c(=O)[nH]c2=O)C(OC(C)=O)C(OC(C)=O)C1OC(C)=O. The molecule has 0 saturated carbocycles. The van der Waals surface area contributed by atoms with Crippen LogP contribution in [0.25, 0.3) is 0 Å². The fourth-order valence-electron chi connectivity index (χ4n) is 2.81. The number of ether oxygens (including phenoxy) is 5. The lowest BCUT2D eigenvalue weighted by atomic mass is 9.99. The third kappa shape index (κ3) is 6.91. The van der Waals surface area contributed by atoms with Gasteiger partial charge in [-0.1, -0.05) is 11.8 Å². The van der Waals surface area contributed by atoms with Crippen LogP contribution < -0.4 is 11.2 Å². The van der Waals surface area contributed by atoms with Crippen LogP contribution in [0.3, 0.4) is 0 Å². The van der Waals surface area contributed by atoms with Gasteiger partial charge in [-0.15, -0.1) is 0 Å². The van der Waals surface area contributed by atoms with Gasteiger partial charge in [0.05, 0.1) is 0 Å². The Labute approximate surface area is 184 Å². The van der Waals surface area contributed by atoms with Crippen molar-refractivity contribution in [2.45, 2.75) is 62.6 Å². The standard InChI is InChI=1S/C17H21N3O11S/c1-6(21)27-5-10-11(28-7(2)22)12(29-8(3)23)13(30-9(4)24)16(31-10)32-15-14(25)18-17(26)20-19-15/h10-13,16H,5H2,1-4H3,(H2,18,20,25,26). The number of nitrogens with one attached hydrogen (secondary N) is 2. The first-order valence-corrected chi connectivity index (χ1v) is 10.0. The first kappa shape index (κ1) is 25.1. The second-order valence-electron chi connectivity index (χ2n) is 6.50. The molecule has 5 atom stereocenters. The Morgan fingerprint density at radius 1 is 0.906 bits per heavy atom. The smallest absolute Gasteiger partial charge is 0.342 e. The van der Waals surface area contributed by atoms with Gasteiger partial charge in [-0.05, 0) is 0 Å². The highest BCUT2D eigenvalue weighted by atomic mass is 32.2. The summed E-state index contributed by atoms with van der Waals surface area (Å²) in [6.45, 7) is 4.00. The molecule has 2 rings (SSSR count). The maximum absolute atomic E-state index is 12.1. The molecule has 0 aliphatic carbocycles. The minimum Gasteiger partial charge on any atom is -0.463 e. The molecular weight excluding hydrogens is 454 g/mol. The summed E-state index contributed by atoms with van der Waals surface area (Å²) in [4.78, 5) is 71.7. The summed E-state index contributed by atoms with van der Waals surface area (Å²) in [5.74, 6) is -3.01. The fourth-order valence-corrected chi connectivity index (χ4v) is 3.83. The monoisotopic (exact) mass is 475 g/mol. The summed E-state index contributed by atoms with van der Waals surface area (Å²) in [7, 11) is 0. The van der Waals surface area contributed by atoms with Crippen molar-refractivity contribution >= 4 is 35.6 Å². The van der Waals surface area contributed by atoms with E-state index < -0.39 is 71.6 Å². The van der Waals surface area contributed by atoms with Crippen molar-refractivity contribution in [3.63, 3.8) is 0 Å². The number of carbonyl (C=O) groups is 4. The minimum atomic E-state index is -1.38. The highest BCUT2D eigenvalue weighted by Crippen LogP contribution is 2.36. The lowest BCUT2D eigenvalue weighted by molar-refractivity contribution is -0.237. The average molecular weight is 475 g/mol. The number of aromatic nitrogens is 3. The molecule has 0 bridgehead atoms. The van der Waals surface area contributed by atoms with E-state index in [0.717, 1.165) is 27.7 Å². The van der Waals surface area contributed by atoms with Crippen LogP contribution in [-0.4, -0.2) is 75.5 Å². The molecule has 1 aliphatic rings. The second-order valence-corrected chi connectivity index (χ2v) is 7.58. The summed E-state index contributed by atoms with van der Waals surface area (Å²) >= 11 is 0.643. The summed E-state index contributed by atoms with van der Waals surface area (Å²) in [5, 5.41) is 5.41. The van der Waals surface area contributed by atoms with E-state index >= 15 is 0 Å². The molecule has 0 spiro atoms. The zero-order chi connectivity index (χ0) is 24.0. The van der Waals surface area contributed by atoms with Gasteiger partial charge in [-0.3, -0.25) is 29.0 Å². The normalized spacial score (nSPS) is 24.8. The van der Waals surface area contributed by atoms with Crippen LogP contribution in [0.1, 0.15) is 27.7 Å². The van der Waals surface area contributed by atoms with Crippen molar-refractivity contribution in [3.8, 4) is 0 Å². The third-order valence-corrected chi connectivity index (χ3v) is 4.97. The van der Waals surface area contributed by atoms with Gasteiger partial charge in [-0.25, -0.2) is 9.89 Å². The number of nitrogens with zero attached hydrogens (tertiary/aromatic N) is 1. The van der Waals surface area contributed by atoms with E-state index in [1.807, 2.05) is 10.1 Å². The molecule has 176 valence electrons. The van der Waals surface area contributed by atoms with E-state index in [4.69, 9.17) is 23.7 Å². The largest absolute Gasteiger partial charge is 0.463 e. The molecule has 0 aromatic carbocycles. The van der Waals surface area contributed by atoms with Crippen molar-refractivity contribution in [1.29, 1.82) is 0 Å². The maximum Gasteiger partial charge on any atom is 0.342 e. The summed E-state index contributed by atoms with van der Waals surface area (Å²) < 4.78 is 26.6. The Hall–Kier alpha value is -3.20. The summed E-state index contributed by atoms with van der Waals surface area (Å²) in [5.41, 5.74) is -2.94. The number of rotatable bonds is 7. The number of hydrogen-bond donors (Lipinski definition) is 2.